The Morgan fingerprint density at radius 3 is 1.60 bits per heavy atom. The molecule has 0 aliphatic heterocycles. The first-order chi connectivity index (χ1) is 22.0. The lowest BCUT2D eigenvalue weighted by molar-refractivity contribution is -0.150. The van der Waals surface area contributed by atoms with E-state index >= 15 is 0 Å². The van der Waals surface area contributed by atoms with Crippen LogP contribution in [-0.2, 0) is 19.1 Å². The molecule has 1 amide bonds. The summed E-state index contributed by atoms with van der Waals surface area (Å²) in [4.78, 5) is 34.7. The lowest BCUT2D eigenvalue weighted by Crippen LogP contribution is -2.28. The van der Waals surface area contributed by atoms with Crippen molar-refractivity contribution in [1.29, 1.82) is 0 Å². The lowest BCUT2D eigenvalue weighted by Gasteiger charge is -2.18. The van der Waals surface area contributed by atoms with Crippen molar-refractivity contribution in [2.45, 2.75) is 148 Å². The van der Waals surface area contributed by atoms with Crippen LogP contribution in [0.5, 0.6) is 0 Å². The Labute approximate surface area is 274 Å². The highest BCUT2D eigenvalue weighted by molar-refractivity contribution is 5.80. The number of carboxylic acids is 1. The van der Waals surface area contributed by atoms with E-state index in [9.17, 15) is 14.4 Å². The summed E-state index contributed by atoms with van der Waals surface area (Å²) in [6, 6.07) is 0. The summed E-state index contributed by atoms with van der Waals surface area (Å²) in [6.45, 7) is 4.00. The molecule has 0 bridgehead atoms. The molecule has 0 aliphatic rings. The number of rotatable bonds is 30. The standard InChI is InChI=1S/C39H63NO5/c1-3-5-7-9-10-11-12-13-14-15-16-17-18-19-20-21-22-23-24-25-30-34-39(44)45-36(31-27-8-6-4-2)32-28-26-29-33-37(41)40-35-38(42)43/h5,7,10-11,13-14,16-17,19-20,22-23,36H,3-4,6,8-9,12,15,18,21,24-35H2,1-2H3,(H,40,41)(H,42,43)/b7-5-,11-10-,14-13-,17-16-,20-19-,23-22-. The minimum absolute atomic E-state index is 0.0569. The minimum Gasteiger partial charge on any atom is -0.480 e. The fourth-order valence-corrected chi connectivity index (χ4v) is 4.57. The van der Waals surface area contributed by atoms with E-state index in [0.717, 1.165) is 96.3 Å². The van der Waals surface area contributed by atoms with E-state index in [1.807, 2.05) is 0 Å². The van der Waals surface area contributed by atoms with Crippen LogP contribution in [0.3, 0.4) is 0 Å². The van der Waals surface area contributed by atoms with Gasteiger partial charge in [-0.05, 0) is 89.9 Å². The van der Waals surface area contributed by atoms with Gasteiger partial charge in [0.2, 0.25) is 5.91 Å². The maximum Gasteiger partial charge on any atom is 0.322 e. The molecule has 0 spiro atoms. The maximum atomic E-state index is 12.5. The van der Waals surface area contributed by atoms with E-state index in [-0.39, 0.29) is 24.5 Å². The first-order valence-corrected chi connectivity index (χ1v) is 17.6. The van der Waals surface area contributed by atoms with Gasteiger partial charge in [0.25, 0.3) is 0 Å². The summed E-state index contributed by atoms with van der Waals surface area (Å²) >= 11 is 0. The van der Waals surface area contributed by atoms with E-state index in [2.05, 4.69) is 92.1 Å². The van der Waals surface area contributed by atoms with Gasteiger partial charge in [-0.15, -0.1) is 0 Å². The Balaban J connectivity index is 4.01. The fourth-order valence-electron chi connectivity index (χ4n) is 4.57. The van der Waals surface area contributed by atoms with Gasteiger partial charge in [0.15, 0.2) is 0 Å². The van der Waals surface area contributed by atoms with Crippen LogP contribution < -0.4 is 5.32 Å². The quantitative estimate of drug-likeness (QED) is 0.0471. The highest BCUT2D eigenvalue weighted by atomic mass is 16.5. The number of aliphatic carboxylic acids is 1. The monoisotopic (exact) mass is 625 g/mol. The van der Waals surface area contributed by atoms with Crippen LogP contribution in [0.15, 0.2) is 72.9 Å². The Hall–Kier alpha value is -3.15. The molecule has 45 heavy (non-hydrogen) atoms. The molecule has 0 aromatic carbocycles. The van der Waals surface area contributed by atoms with E-state index in [1.54, 1.807) is 0 Å². The molecule has 1 unspecified atom stereocenters. The van der Waals surface area contributed by atoms with E-state index in [1.165, 1.54) is 12.8 Å². The zero-order valence-corrected chi connectivity index (χ0v) is 28.4. The molecule has 254 valence electrons. The largest absolute Gasteiger partial charge is 0.480 e. The molecular formula is C39H63NO5. The summed E-state index contributed by atoms with van der Waals surface area (Å²) in [6.07, 6.45) is 44.7. The predicted molar refractivity (Wildman–Crippen MR) is 189 cm³/mol. The van der Waals surface area contributed by atoms with Crippen LogP contribution >= 0.6 is 0 Å². The summed E-state index contributed by atoms with van der Waals surface area (Å²) in [5.41, 5.74) is 0. The molecular weight excluding hydrogens is 562 g/mol. The molecule has 0 aliphatic carbocycles. The van der Waals surface area contributed by atoms with Crippen LogP contribution in [0, 0.1) is 0 Å². The third-order valence-corrected chi connectivity index (χ3v) is 7.14. The Morgan fingerprint density at radius 2 is 1.09 bits per heavy atom. The van der Waals surface area contributed by atoms with Gasteiger partial charge in [-0.1, -0.05) is 112 Å². The van der Waals surface area contributed by atoms with Crippen LogP contribution in [0.1, 0.15) is 142 Å². The average Bonchev–Trinajstić information content (AvgIpc) is 3.02. The molecule has 0 fully saturated rings. The normalized spacial score (nSPS) is 12.9. The second-order valence-corrected chi connectivity index (χ2v) is 11.4. The first-order valence-electron chi connectivity index (χ1n) is 17.6. The first kappa shape index (κ1) is 41.9. The van der Waals surface area contributed by atoms with Crippen molar-refractivity contribution in [1.82, 2.24) is 5.32 Å². The number of carbonyl (C=O) groups is 3. The minimum atomic E-state index is -1.04. The zero-order chi connectivity index (χ0) is 33.1. The van der Waals surface area contributed by atoms with Crippen molar-refractivity contribution in [3.63, 3.8) is 0 Å². The van der Waals surface area contributed by atoms with Crippen LogP contribution in [-0.4, -0.2) is 35.6 Å². The second kappa shape index (κ2) is 33.7. The number of ether oxygens (including phenoxy) is 1. The molecule has 0 saturated carbocycles. The number of carbonyl (C=O) groups excluding carboxylic acids is 2. The summed E-state index contributed by atoms with van der Waals surface area (Å²) in [5, 5.41) is 11.0. The molecule has 2 N–H and O–H groups in total. The predicted octanol–water partition coefficient (Wildman–Crippen LogP) is 10.3. The van der Waals surface area contributed by atoms with E-state index < -0.39 is 5.97 Å². The molecule has 0 aromatic rings. The number of hydrogen-bond acceptors (Lipinski definition) is 4. The highest BCUT2D eigenvalue weighted by Gasteiger charge is 2.14. The molecule has 0 heterocycles. The Kier molecular flexibility index (Phi) is 31.4. The van der Waals surface area contributed by atoms with Gasteiger partial charge >= 0.3 is 11.9 Å². The summed E-state index contributed by atoms with van der Waals surface area (Å²) in [7, 11) is 0. The van der Waals surface area contributed by atoms with Crippen LogP contribution in [0.4, 0.5) is 0 Å². The molecule has 0 saturated heterocycles. The van der Waals surface area contributed by atoms with Crippen LogP contribution in [0.2, 0.25) is 0 Å². The number of allylic oxidation sites excluding steroid dienone is 12. The topological polar surface area (TPSA) is 92.7 Å². The van der Waals surface area contributed by atoms with Gasteiger partial charge in [0.1, 0.15) is 12.6 Å². The molecule has 0 rings (SSSR count). The molecule has 1 atom stereocenters. The Morgan fingerprint density at radius 1 is 0.600 bits per heavy atom. The molecule has 6 heteroatoms. The molecule has 6 nitrogen and oxygen atoms in total. The number of nitrogens with one attached hydrogen (secondary N) is 1. The zero-order valence-electron chi connectivity index (χ0n) is 28.4. The Bertz CT molecular complexity index is 912. The van der Waals surface area contributed by atoms with Gasteiger partial charge < -0.3 is 15.2 Å². The van der Waals surface area contributed by atoms with E-state index in [0.29, 0.717) is 19.3 Å². The van der Waals surface area contributed by atoms with Gasteiger partial charge in [-0.3, -0.25) is 14.4 Å². The van der Waals surface area contributed by atoms with Crippen LogP contribution in [0.25, 0.3) is 0 Å². The third-order valence-electron chi connectivity index (χ3n) is 7.14. The van der Waals surface area contributed by atoms with Crippen molar-refractivity contribution in [2.24, 2.45) is 0 Å². The third kappa shape index (κ3) is 33.6. The number of hydrogen-bond donors (Lipinski definition) is 2. The number of amides is 1. The number of carboxylic acid groups (broad SMARTS) is 1. The van der Waals surface area contributed by atoms with Crippen molar-refractivity contribution in [3.05, 3.63) is 72.9 Å². The fraction of sp³-hybridized carbons (Fsp3) is 0.615. The average molecular weight is 626 g/mol. The van der Waals surface area contributed by atoms with Crippen molar-refractivity contribution in [2.75, 3.05) is 6.54 Å². The summed E-state index contributed by atoms with van der Waals surface area (Å²) in [5.74, 6) is -1.37. The summed E-state index contributed by atoms with van der Waals surface area (Å²) < 4.78 is 5.84. The SMILES string of the molecule is CC/C=C\C/C=C\C/C=C\C/C=C\C/C=C\C/C=C\CCCCC(=O)OC(CCCCCC)CCCCCC(=O)NCC(=O)O. The second-order valence-electron chi connectivity index (χ2n) is 11.4. The molecule has 0 radical (unpaired) electrons. The van der Waals surface area contributed by atoms with Gasteiger partial charge in [0, 0.05) is 12.8 Å². The highest BCUT2D eigenvalue weighted by Crippen LogP contribution is 2.17. The van der Waals surface area contributed by atoms with Gasteiger partial charge in [-0.25, -0.2) is 0 Å². The lowest BCUT2D eigenvalue weighted by atomic mass is 10.0. The number of unbranched alkanes of at least 4 members (excludes halogenated alkanes) is 7. The number of esters is 1. The van der Waals surface area contributed by atoms with Crippen molar-refractivity contribution in [3.8, 4) is 0 Å². The van der Waals surface area contributed by atoms with Crippen molar-refractivity contribution >= 4 is 17.8 Å². The smallest absolute Gasteiger partial charge is 0.322 e. The maximum absolute atomic E-state index is 12.5. The van der Waals surface area contributed by atoms with Gasteiger partial charge in [0.05, 0.1) is 0 Å². The van der Waals surface area contributed by atoms with E-state index in [4.69, 9.17) is 9.84 Å². The van der Waals surface area contributed by atoms with Crippen molar-refractivity contribution < 1.29 is 24.2 Å². The van der Waals surface area contributed by atoms with Gasteiger partial charge in [-0.2, -0.15) is 0 Å². The molecule has 0 aromatic heterocycles.